The van der Waals surface area contributed by atoms with Gasteiger partial charge in [-0.2, -0.15) is 5.10 Å². The van der Waals surface area contributed by atoms with Crippen LogP contribution in [-0.4, -0.2) is 28.9 Å². The van der Waals surface area contributed by atoms with Crippen LogP contribution in [0.1, 0.15) is 32.6 Å². The topological polar surface area (TPSA) is 64.2 Å². The van der Waals surface area contributed by atoms with E-state index in [4.69, 9.17) is 17.3 Å². The Bertz CT molecular complexity index is 480. The molecule has 0 aromatic carbocycles. The number of anilines is 1. The Kier molecular flexibility index (Phi) is 4.82. The van der Waals surface area contributed by atoms with Crippen LogP contribution in [0.15, 0.2) is 11.0 Å². The quantitative estimate of drug-likeness (QED) is 0.913. The van der Waals surface area contributed by atoms with Crippen molar-refractivity contribution in [1.82, 2.24) is 9.78 Å². The maximum absolute atomic E-state index is 12.1. The summed E-state index contributed by atoms with van der Waals surface area (Å²) < 4.78 is 1.45. The van der Waals surface area contributed by atoms with Gasteiger partial charge < -0.3 is 10.6 Å². The van der Waals surface area contributed by atoms with Gasteiger partial charge in [0.1, 0.15) is 5.02 Å². The van der Waals surface area contributed by atoms with E-state index >= 15 is 0 Å². The van der Waals surface area contributed by atoms with Crippen molar-refractivity contribution in [2.45, 2.75) is 45.2 Å². The predicted octanol–water partition coefficient (Wildman–Crippen LogP) is 1.62. The van der Waals surface area contributed by atoms with E-state index in [0.29, 0.717) is 6.54 Å². The second kappa shape index (κ2) is 6.39. The van der Waals surface area contributed by atoms with Gasteiger partial charge in [0, 0.05) is 25.7 Å². The number of hydrogen-bond donors (Lipinski definition) is 1. The van der Waals surface area contributed by atoms with E-state index in [9.17, 15) is 4.79 Å². The number of unbranched alkanes of at least 4 members (excludes halogenated alkanes) is 1. The lowest BCUT2D eigenvalue weighted by Gasteiger charge is -2.32. The fourth-order valence-electron chi connectivity index (χ4n) is 2.28. The maximum Gasteiger partial charge on any atom is 0.287 e. The minimum absolute atomic E-state index is 0.192. The molecule has 106 valence electrons. The first-order valence-electron chi connectivity index (χ1n) is 6.89. The van der Waals surface area contributed by atoms with Gasteiger partial charge in [-0.1, -0.05) is 24.9 Å². The molecule has 0 unspecified atom stereocenters. The van der Waals surface area contributed by atoms with Gasteiger partial charge >= 0.3 is 0 Å². The van der Waals surface area contributed by atoms with E-state index in [1.165, 1.54) is 4.68 Å². The van der Waals surface area contributed by atoms with E-state index in [1.54, 1.807) is 6.20 Å². The third-order valence-corrected chi connectivity index (χ3v) is 3.93. The van der Waals surface area contributed by atoms with Gasteiger partial charge in [-0.15, -0.1) is 0 Å². The lowest BCUT2D eigenvalue weighted by Crippen LogP contribution is -2.40. The first-order chi connectivity index (χ1) is 9.13. The average molecular weight is 285 g/mol. The van der Waals surface area contributed by atoms with Gasteiger partial charge in [-0.05, 0) is 19.3 Å². The van der Waals surface area contributed by atoms with Crippen molar-refractivity contribution in [2.75, 3.05) is 18.0 Å². The number of aromatic nitrogens is 2. The van der Waals surface area contributed by atoms with Crippen LogP contribution < -0.4 is 16.2 Å². The van der Waals surface area contributed by atoms with E-state index < -0.39 is 0 Å². The molecular weight excluding hydrogens is 264 g/mol. The predicted molar refractivity (Wildman–Crippen MR) is 77.8 cm³/mol. The van der Waals surface area contributed by atoms with Crippen LogP contribution in [-0.2, 0) is 6.54 Å². The Morgan fingerprint density at radius 3 is 2.79 bits per heavy atom. The highest BCUT2D eigenvalue weighted by Gasteiger charge is 2.20. The standard InChI is InChI=1S/C13H21ClN4O/c1-2-3-6-18-13(19)12(14)11(9-16-18)17-7-4-10(15)5-8-17/h9-10H,2-8,15H2,1H3. The van der Waals surface area contributed by atoms with Gasteiger partial charge in [0.15, 0.2) is 0 Å². The van der Waals surface area contributed by atoms with Gasteiger partial charge in [-0.3, -0.25) is 4.79 Å². The molecule has 2 rings (SSSR count). The lowest BCUT2D eigenvalue weighted by atomic mass is 10.1. The minimum Gasteiger partial charge on any atom is -0.369 e. The van der Waals surface area contributed by atoms with Crippen LogP contribution in [0.2, 0.25) is 5.02 Å². The molecule has 0 radical (unpaired) electrons. The number of nitrogens with zero attached hydrogens (tertiary/aromatic N) is 3. The Labute approximate surface area is 118 Å². The minimum atomic E-state index is -0.192. The molecule has 1 aliphatic heterocycles. The van der Waals surface area contributed by atoms with Crippen molar-refractivity contribution in [3.63, 3.8) is 0 Å². The van der Waals surface area contributed by atoms with Crippen molar-refractivity contribution in [1.29, 1.82) is 0 Å². The lowest BCUT2D eigenvalue weighted by molar-refractivity contribution is 0.497. The van der Waals surface area contributed by atoms with Crippen molar-refractivity contribution in [3.05, 3.63) is 21.6 Å². The van der Waals surface area contributed by atoms with E-state index in [-0.39, 0.29) is 16.6 Å². The molecule has 0 amide bonds. The Morgan fingerprint density at radius 1 is 1.47 bits per heavy atom. The Balaban J connectivity index is 2.18. The van der Waals surface area contributed by atoms with Crippen molar-refractivity contribution >= 4 is 17.3 Å². The molecule has 5 nitrogen and oxygen atoms in total. The van der Waals surface area contributed by atoms with Crippen LogP contribution in [0.5, 0.6) is 0 Å². The van der Waals surface area contributed by atoms with E-state index in [1.807, 2.05) is 0 Å². The molecule has 1 aliphatic rings. The molecule has 1 saturated heterocycles. The summed E-state index contributed by atoms with van der Waals surface area (Å²) in [6.07, 6.45) is 5.51. The normalized spacial score (nSPS) is 16.9. The first kappa shape index (κ1) is 14.3. The molecule has 0 saturated carbocycles. The first-order valence-corrected chi connectivity index (χ1v) is 7.27. The van der Waals surface area contributed by atoms with E-state index in [2.05, 4.69) is 16.9 Å². The van der Waals surface area contributed by atoms with Gasteiger partial charge in [0.2, 0.25) is 0 Å². The zero-order chi connectivity index (χ0) is 13.8. The SMILES string of the molecule is CCCCn1ncc(N2CCC(N)CC2)c(Cl)c1=O. The molecule has 0 aliphatic carbocycles. The molecule has 1 aromatic heterocycles. The number of nitrogens with two attached hydrogens (primary N) is 1. The summed E-state index contributed by atoms with van der Waals surface area (Å²) >= 11 is 6.20. The van der Waals surface area contributed by atoms with Crippen LogP contribution in [0.3, 0.4) is 0 Å². The highest BCUT2D eigenvalue weighted by atomic mass is 35.5. The number of rotatable bonds is 4. The summed E-state index contributed by atoms with van der Waals surface area (Å²) in [7, 11) is 0. The molecule has 1 fully saturated rings. The highest BCUT2D eigenvalue weighted by molar-refractivity contribution is 6.33. The average Bonchev–Trinajstić information content (AvgIpc) is 2.42. The third-order valence-electron chi connectivity index (χ3n) is 3.57. The number of piperidine rings is 1. The van der Waals surface area contributed by atoms with Gasteiger partial charge in [-0.25, -0.2) is 4.68 Å². The number of hydrogen-bond acceptors (Lipinski definition) is 4. The molecule has 1 aromatic rings. The Hall–Kier alpha value is -1.07. The summed E-state index contributed by atoms with van der Waals surface area (Å²) in [4.78, 5) is 14.2. The molecule has 0 spiro atoms. The summed E-state index contributed by atoms with van der Waals surface area (Å²) in [5.41, 5.74) is 6.43. The molecule has 2 N–H and O–H groups in total. The van der Waals surface area contributed by atoms with Gasteiger partial charge in [0.05, 0.1) is 11.9 Å². The molecule has 0 atom stereocenters. The van der Waals surface area contributed by atoms with Crippen LogP contribution >= 0.6 is 11.6 Å². The number of aryl methyl sites for hydroxylation is 1. The monoisotopic (exact) mass is 284 g/mol. The Morgan fingerprint density at radius 2 is 2.16 bits per heavy atom. The third kappa shape index (κ3) is 3.28. The van der Waals surface area contributed by atoms with Crippen LogP contribution in [0, 0.1) is 0 Å². The van der Waals surface area contributed by atoms with Crippen molar-refractivity contribution in [3.8, 4) is 0 Å². The second-order valence-corrected chi connectivity index (χ2v) is 5.43. The van der Waals surface area contributed by atoms with Crippen LogP contribution in [0.25, 0.3) is 0 Å². The fraction of sp³-hybridized carbons (Fsp3) is 0.692. The van der Waals surface area contributed by atoms with Crippen molar-refractivity contribution in [2.24, 2.45) is 5.73 Å². The van der Waals surface area contributed by atoms with E-state index in [0.717, 1.165) is 44.5 Å². The summed E-state index contributed by atoms with van der Waals surface area (Å²) in [5.74, 6) is 0. The smallest absolute Gasteiger partial charge is 0.287 e. The largest absolute Gasteiger partial charge is 0.369 e. The number of halogens is 1. The summed E-state index contributed by atoms with van der Waals surface area (Å²) in [6.45, 7) is 4.38. The molecule has 2 heterocycles. The molecule has 6 heteroatoms. The van der Waals surface area contributed by atoms with Gasteiger partial charge in [0.25, 0.3) is 5.56 Å². The zero-order valence-electron chi connectivity index (χ0n) is 11.3. The maximum atomic E-state index is 12.1. The zero-order valence-corrected chi connectivity index (χ0v) is 12.1. The van der Waals surface area contributed by atoms with Crippen LogP contribution in [0.4, 0.5) is 5.69 Å². The summed E-state index contributed by atoms with van der Waals surface area (Å²) in [5, 5.41) is 4.50. The highest BCUT2D eigenvalue weighted by Crippen LogP contribution is 2.24. The molecule has 19 heavy (non-hydrogen) atoms. The van der Waals surface area contributed by atoms with Crippen molar-refractivity contribution < 1.29 is 0 Å². The molecule has 0 bridgehead atoms. The second-order valence-electron chi connectivity index (χ2n) is 5.05. The fourth-order valence-corrected chi connectivity index (χ4v) is 2.55. The molecular formula is C13H21ClN4O. The summed E-state index contributed by atoms with van der Waals surface area (Å²) in [6, 6.07) is 0.257.